The van der Waals surface area contributed by atoms with Crippen LogP contribution < -0.4 is 5.32 Å². The second-order valence-corrected chi connectivity index (χ2v) is 9.72. The molecule has 1 aliphatic carbocycles. The molecule has 1 saturated carbocycles. The number of amides is 1. The number of nitrogens with one attached hydrogen (secondary N) is 1. The maximum absolute atomic E-state index is 12.9. The first-order chi connectivity index (χ1) is 12.8. The van der Waals surface area contributed by atoms with Gasteiger partial charge >= 0.3 is 0 Å². The quantitative estimate of drug-likeness (QED) is 0.771. The van der Waals surface area contributed by atoms with E-state index in [2.05, 4.69) is 24.1 Å². The van der Waals surface area contributed by atoms with Crippen molar-refractivity contribution in [1.29, 1.82) is 0 Å². The molecule has 0 spiro atoms. The van der Waals surface area contributed by atoms with E-state index >= 15 is 0 Å². The van der Waals surface area contributed by atoms with Gasteiger partial charge < -0.3 is 5.32 Å². The van der Waals surface area contributed by atoms with Crippen molar-refractivity contribution in [3.05, 3.63) is 29.8 Å². The summed E-state index contributed by atoms with van der Waals surface area (Å²) in [4.78, 5) is 14.6. The van der Waals surface area contributed by atoms with Crippen molar-refractivity contribution in [3.63, 3.8) is 0 Å². The highest BCUT2D eigenvalue weighted by molar-refractivity contribution is 7.89. The van der Waals surface area contributed by atoms with Gasteiger partial charge in [0, 0.05) is 32.2 Å². The van der Waals surface area contributed by atoms with Crippen LogP contribution in [-0.4, -0.2) is 61.8 Å². The molecule has 7 heteroatoms. The molecule has 3 rings (SSSR count). The van der Waals surface area contributed by atoms with Crippen LogP contribution >= 0.6 is 0 Å². The Morgan fingerprint density at radius 3 is 2.22 bits per heavy atom. The van der Waals surface area contributed by atoms with Gasteiger partial charge in [-0.3, -0.25) is 9.69 Å². The molecule has 2 fully saturated rings. The highest BCUT2D eigenvalue weighted by Crippen LogP contribution is 2.23. The Hall–Kier alpha value is -1.44. The fourth-order valence-electron chi connectivity index (χ4n) is 3.40. The monoisotopic (exact) mass is 393 g/mol. The van der Waals surface area contributed by atoms with Crippen LogP contribution in [0, 0.1) is 0 Å². The Bertz CT molecular complexity index is 751. The molecule has 150 valence electrons. The minimum absolute atomic E-state index is 0.0504. The van der Waals surface area contributed by atoms with Crippen molar-refractivity contribution in [3.8, 4) is 0 Å². The molecule has 0 unspecified atom stereocenters. The molecule has 1 aromatic rings. The maximum Gasteiger partial charge on any atom is 0.243 e. The lowest BCUT2D eigenvalue weighted by molar-refractivity contribution is -0.126. The molecule has 2 aliphatic rings. The number of hydrogen-bond donors (Lipinski definition) is 1. The van der Waals surface area contributed by atoms with Crippen molar-refractivity contribution in [2.75, 3.05) is 26.2 Å². The molecule has 0 aromatic heterocycles. The van der Waals surface area contributed by atoms with Gasteiger partial charge in [-0.2, -0.15) is 4.31 Å². The summed E-state index contributed by atoms with van der Waals surface area (Å²) < 4.78 is 27.4. The van der Waals surface area contributed by atoms with Gasteiger partial charge in [0.25, 0.3) is 0 Å². The molecule has 1 N–H and O–H groups in total. The van der Waals surface area contributed by atoms with Gasteiger partial charge in [-0.05, 0) is 49.8 Å². The fraction of sp³-hybridized carbons (Fsp3) is 0.650. The minimum Gasteiger partial charge on any atom is -0.352 e. The van der Waals surface area contributed by atoms with Crippen molar-refractivity contribution in [1.82, 2.24) is 14.5 Å². The van der Waals surface area contributed by atoms with Gasteiger partial charge in [-0.25, -0.2) is 8.42 Å². The van der Waals surface area contributed by atoms with Gasteiger partial charge in [-0.15, -0.1) is 0 Å². The summed E-state index contributed by atoms with van der Waals surface area (Å²) >= 11 is 0. The summed E-state index contributed by atoms with van der Waals surface area (Å²) in [6, 6.07) is 7.40. The number of carbonyl (C=O) groups excluding carboxylic acids is 1. The van der Waals surface area contributed by atoms with E-state index < -0.39 is 10.0 Å². The first-order valence-electron chi connectivity index (χ1n) is 9.97. The zero-order valence-electron chi connectivity index (χ0n) is 16.5. The zero-order chi connectivity index (χ0) is 19.6. The molecule has 1 heterocycles. The first-order valence-corrected chi connectivity index (χ1v) is 11.4. The van der Waals surface area contributed by atoms with Crippen LogP contribution in [0.2, 0.25) is 0 Å². The molecular weight excluding hydrogens is 362 g/mol. The normalized spacial score (nSPS) is 21.6. The number of hydrogen-bond acceptors (Lipinski definition) is 4. The molecular formula is C20H31N3O3S. The van der Waals surface area contributed by atoms with Crippen LogP contribution in [0.1, 0.15) is 51.5 Å². The predicted molar refractivity (Wildman–Crippen MR) is 106 cm³/mol. The smallest absolute Gasteiger partial charge is 0.243 e. The molecule has 0 radical (unpaired) electrons. The maximum atomic E-state index is 12.9. The Labute approximate surface area is 163 Å². The Balaban J connectivity index is 1.59. The molecule has 2 atom stereocenters. The summed E-state index contributed by atoms with van der Waals surface area (Å²) in [5.74, 6) is 0.475. The number of sulfonamides is 1. The van der Waals surface area contributed by atoms with E-state index in [0.717, 1.165) is 24.8 Å². The van der Waals surface area contributed by atoms with Crippen molar-refractivity contribution < 1.29 is 13.2 Å². The molecule has 1 saturated heterocycles. The van der Waals surface area contributed by atoms with Crippen molar-refractivity contribution >= 4 is 15.9 Å². The third-order valence-corrected chi connectivity index (χ3v) is 7.74. The first kappa shape index (κ1) is 20.3. The molecule has 6 nitrogen and oxygen atoms in total. The lowest BCUT2D eigenvalue weighted by atomic mass is 9.99. The summed E-state index contributed by atoms with van der Waals surface area (Å²) in [5.41, 5.74) is 1.16. The number of piperazine rings is 1. The van der Waals surface area contributed by atoms with Crippen molar-refractivity contribution in [2.45, 2.75) is 62.9 Å². The second kappa shape index (κ2) is 8.29. The summed E-state index contributed by atoms with van der Waals surface area (Å²) in [5, 5.41) is 3.02. The summed E-state index contributed by atoms with van der Waals surface area (Å²) in [6.45, 7) is 8.14. The van der Waals surface area contributed by atoms with Crippen LogP contribution in [0.15, 0.2) is 29.2 Å². The van der Waals surface area contributed by atoms with Crippen LogP contribution in [-0.2, 0) is 14.8 Å². The Kier molecular flexibility index (Phi) is 6.23. The van der Waals surface area contributed by atoms with Gasteiger partial charge in [0.15, 0.2) is 0 Å². The van der Waals surface area contributed by atoms with E-state index in [9.17, 15) is 13.2 Å². The van der Waals surface area contributed by atoms with E-state index in [-0.39, 0.29) is 11.9 Å². The molecule has 1 aliphatic heterocycles. The van der Waals surface area contributed by atoms with Crippen LogP contribution in [0.25, 0.3) is 0 Å². The third kappa shape index (κ3) is 4.70. The van der Waals surface area contributed by atoms with Gasteiger partial charge in [0.2, 0.25) is 15.9 Å². The van der Waals surface area contributed by atoms with E-state index in [1.807, 2.05) is 19.1 Å². The highest BCUT2D eigenvalue weighted by atomic mass is 32.2. The second-order valence-electron chi connectivity index (χ2n) is 7.78. The Morgan fingerprint density at radius 1 is 1.11 bits per heavy atom. The van der Waals surface area contributed by atoms with E-state index in [1.165, 1.54) is 4.31 Å². The number of carbonyl (C=O) groups is 1. The predicted octanol–water partition coefficient (Wildman–Crippen LogP) is 2.17. The highest BCUT2D eigenvalue weighted by Gasteiger charge is 2.33. The standard InChI is InChI=1S/C20H31N3O3S/c1-4-15(2)17-5-9-19(10-6-17)27(25,26)23-13-11-22(12-14-23)16(3)20(24)21-18-7-8-18/h5-6,9-10,15-16,18H,4,7-8,11-14H2,1-3H3,(H,21,24)/t15-,16+/m1/s1. The number of rotatable bonds is 7. The number of nitrogens with zero attached hydrogens (tertiary/aromatic N) is 2. The molecule has 1 amide bonds. The SMILES string of the molecule is CC[C@@H](C)c1ccc(S(=O)(=O)N2CCN([C@@H](C)C(=O)NC3CC3)CC2)cc1. The zero-order valence-corrected chi connectivity index (χ0v) is 17.3. The van der Waals surface area contributed by atoms with Gasteiger partial charge in [0.05, 0.1) is 10.9 Å². The van der Waals surface area contributed by atoms with E-state index in [0.29, 0.717) is 43.0 Å². The van der Waals surface area contributed by atoms with Crippen LogP contribution in [0.3, 0.4) is 0 Å². The molecule has 0 bridgehead atoms. The average Bonchev–Trinajstić information content (AvgIpc) is 3.51. The lowest BCUT2D eigenvalue weighted by Gasteiger charge is -2.36. The van der Waals surface area contributed by atoms with Crippen molar-refractivity contribution in [2.24, 2.45) is 0 Å². The van der Waals surface area contributed by atoms with Gasteiger partial charge in [-0.1, -0.05) is 26.0 Å². The van der Waals surface area contributed by atoms with E-state index in [4.69, 9.17) is 0 Å². The third-order valence-electron chi connectivity index (χ3n) is 5.82. The summed E-state index contributed by atoms with van der Waals surface area (Å²) in [6.07, 6.45) is 3.17. The van der Waals surface area contributed by atoms with Gasteiger partial charge in [0.1, 0.15) is 0 Å². The number of benzene rings is 1. The Morgan fingerprint density at radius 2 is 1.70 bits per heavy atom. The topological polar surface area (TPSA) is 69.7 Å². The van der Waals surface area contributed by atoms with Crippen LogP contribution in [0.4, 0.5) is 0 Å². The molecule has 27 heavy (non-hydrogen) atoms. The minimum atomic E-state index is -3.48. The fourth-order valence-corrected chi connectivity index (χ4v) is 4.82. The molecule has 1 aromatic carbocycles. The lowest BCUT2D eigenvalue weighted by Crippen LogP contribution is -2.55. The van der Waals surface area contributed by atoms with Crippen LogP contribution in [0.5, 0.6) is 0 Å². The van der Waals surface area contributed by atoms with E-state index in [1.54, 1.807) is 12.1 Å². The summed E-state index contributed by atoms with van der Waals surface area (Å²) in [7, 11) is -3.48. The average molecular weight is 394 g/mol. The largest absolute Gasteiger partial charge is 0.352 e.